The van der Waals surface area contributed by atoms with Crippen LogP contribution in [0.15, 0.2) is 47.8 Å². The van der Waals surface area contributed by atoms with E-state index in [1.807, 2.05) is 19.2 Å². The molecule has 1 aromatic carbocycles. The summed E-state index contributed by atoms with van der Waals surface area (Å²) in [5.74, 6) is 0. The Bertz CT molecular complexity index is 795. The maximum atomic E-state index is 12.5. The Kier molecular flexibility index (Phi) is 3.28. The highest BCUT2D eigenvalue weighted by molar-refractivity contribution is 6.35. The van der Waals surface area contributed by atoms with Crippen molar-refractivity contribution in [3.8, 4) is 0 Å². The Morgan fingerprint density at radius 3 is 2.95 bits per heavy atom. The second kappa shape index (κ2) is 5.09. The van der Waals surface area contributed by atoms with Gasteiger partial charge in [0, 0.05) is 12.4 Å². The Morgan fingerprint density at radius 1 is 1.35 bits per heavy atom. The lowest BCUT2D eigenvalue weighted by atomic mass is 10.2. The van der Waals surface area contributed by atoms with Crippen molar-refractivity contribution >= 4 is 22.5 Å². The topological polar surface area (TPSA) is 52.7 Å². The van der Waals surface area contributed by atoms with Crippen molar-refractivity contribution in [3.63, 3.8) is 0 Å². The minimum atomic E-state index is -0.125. The number of fused-ring (bicyclic) bond motifs is 1. The van der Waals surface area contributed by atoms with Crippen LogP contribution >= 0.6 is 11.6 Å². The highest BCUT2D eigenvalue weighted by Crippen LogP contribution is 2.18. The number of hydrogen-bond acceptors (Lipinski definition) is 3. The normalized spacial score (nSPS) is 12.7. The maximum absolute atomic E-state index is 12.5. The first-order valence-corrected chi connectivity index (χ1v) is 6.67. The van der Waals surface area contributed by atoms with Crippen molar-refractivity contribution in [2.75, 3.05) is 0 Å². The van der Waals surface area contributed by atoms with E-state index in [2.05, 4.69) is 10.1 Å². The molecular weight excluding hydrogens is 276 g/mol. The van der Waals surface area contributed by atoms with Crippen LogP contribution in [0.25, 0.3) is 10.9 Å². The van der Waals surface area contributed by atoms with Gasteiger partial charge in [0.2, 0.25) is 0 Å². The first-order chi connectivity index (χ1) is 9.66. The number of aromatic nitrogens is 4. The molecule has 102 valence electrons. The zero-order valence-corrected chi connectivity index (χ0v) is 11.7. The second-order valence-corrected chi connectivity index (χ2v) is 5.08. The molecular formula is C14H13ClN4O. The van der Waals surface area contributed by atoms with Crippen LogP contribution in [0.3, 0.4) is 0 Å². The van der Waals surface area contributed by atoms with E-state index in [4.69, 9.17) is 11.6 Å². The van der Waals surface area contributed by atoms with E-state index in [1.54, 1.807) is 40.0 Å². The predicted molar refractivity (Wildman–Crippen MR) is 78.0 cm³/mol. The molecule has 0 N–H and O–H groups in total. The summed E-state index contributed by atoms with van der Waals surface area (Å²) < 4.78 is 3.38. The van der Waals surface area contributed by atoms with Crippen molar-refractivity contribution in [3.05, 3.63) is 58.4 Å². The molecule has 2 aromatic heterocycles. The number of nitrogens with zero attached hydrogens (tertiary/aromatic N) is 4. The maximum Gasteiger partial charge on any atom is 0.263 e. The smallest absolute Gasteiger partial charge is 0.263 e. The number of benzene rings is 1. The predicted octanol–water partition coefficient (Wildman–Crippen LogP) is 2.51. The van der Waals surface area contributed by atoms with Gasteiger partial charge in [-0.1, -0.05) is 17.7 Å². The Morgan fingerprint density at radius 2 is 2.20 bits per heavy atom. The zero-order chi connectivity index (χ0) is 14.1. The quantitative estimate of drug-likeness (QED) is 0.744. The molecule has 0 saturated heterocycles. The standard InChI is InChI=1S/C14H13ClN4O/c1-10(8-18-7-3-6-17-18)19-9-16-12-5-2-4-11(15)13(12)14(19)20/h2-7,9-10H,8H2,1H3/t10-/m1/s1. The molecule has 20 heavy (non-hydrogen) atoms. The first-order valence-electron chi connectivity index (χ1n) is 6.29. The molecule has 0 aliphatic carbocycles. The monoisotopic (exact) mass is 288 g/mol. The highest BCUT2D eigenvalue weighted by Gasteiger charge is 2.12. The molecule has 0 aliphatic rings. The minimum Gasteiger partial charge on any atom is -0.294 e. The van der Waals surface area contributed by atoms with E-state index in [0.29, 0.717) is 22.5 Å². The summed E-state index contributed by atoms with van der Waals surface area (Å²) in [6.45, 7) is 2.55. The lowest BCUT2D eigenvalue weighted by Gasteiger charge is -2.15. The van der Waals surface area contributed by atoms with Gasteiger partial charge >= 0.3 is 0 Å². The van der Waals surface area contributed by atoms with Gasteiger partial charge in [0.25, 0.3) is 5.56 Å². The number of rotatable bonds is 3. The third kappa shape index (κ3) is 2.20. The fourth-order valence-electron chi connectivity index (χ4n) is 2.22. The van der Waals surface area contributed by atoms with E-state index in [1.165, 1.54) is 0 Å². The fourth-order valence-corrected chi connectivity index (χ4v) is 2.47. The molecule has 3 rings (SSSR count). The SMILES string of the molecule is C[C@H](Cn1cccn1)n1cnc2cccc(Cl)c2c1=O. The first kappa shape index (κ1) is 12.9. The van der Waals surface area contributed by atoms with Crippen LogP contribution in [0.1, 0.15) is 13.0 Å². The summed E-state index contributed by atoms with van der Waals surface area (Å²) in [5, 5.41) is 5.04. The largest absolute Gasteiger partial charge is 0.294 e. The van der Waals surface area contributed by atoms with Crippen LogP contribution in [0.4, 0.5) is 0 Å². The summed E-state index contributed by atoms with van der Waals surface area (Å²) in [7, 11) is 0. The molecule has 3 aromatic rings. The van der Waals surface area contributed by atoms with Crippen LogP contribution in [0.2, 0.25) is 5.02 Å². The van der Waals surface area contributed by atoms with Gasteiger partial charge in [-0.25, -0.2) is 4.98 Å². The van der Waals surface area contributed by atoms with E-state index in [-0.39, 0.29) is 11.6 Å². The molecule has 0 saturated carbocycles. The van der Waals surface area contributed by atoms with Crippen molar-refractivity contribution < 1.29 is 0 Å². The van der Waals surface area contributed by atoms with E-state index < -0.39 is 0 Å². The van der Waals surface area contributed by atoms with Gasteiger partial charge in [0.1, 0.15) is 0 Å². The Labute approximate surface area is 120 Å². The van der Waals surface area contributed by atoms with Gasteiger partial charge in [-0.3, -0.25) is 14.0 Å². The third-order valence-corrected chi connectivity index (χ3v) is 3.56. The van der Waals surface area contributed by atoms with Gasteiger partial charge in [0.05, 0.1) is 34.8 Å². The highest BCUT2D eigenvalue weighted by atomic mass is 35.5. The molecule has 2 heterocycles. The Balaban J connectivity index is 2.06. The van der Waals surface area contributed by atoms with E-state index in [9.17, 15) is 4.79 Å². The van der Waals surface area contributed by atoms with E-state index >= 15 is 0 Å². The lowest BCUT2D eigenvalue weighted by Crippen LogP contribution is -2.26. The van der Waals surface area contributed by atoms with Crippen molar-refractivity contribution in [2.45, 2.75) is 19.5 Å². The Hall–Kier alpha value is -2.14. The molecule has 6 heteroatoms. The van der Waals surface area contributed by atoms with Crippen molar-refractivity contribution in [1.29, 1.82) is 0 Å². The zero-order valence-electron chi connectivity index (χ0n) is 10.9. The van der Waals surface area contributed by atoms with Crippen LogP contribution in [-0.4, -0.2) is 19.3 Å². The fraction of sp³-hybridized carbons (Fsp3) is 0.214. The van der Waals surface area contributed by atoms with Gasteiger partial charge < -0.3 is 0 Å². The van der Waals surface area contributed by atoms with Crippen LogP contribution in [0, 0.1) is 0 Å². The molecule has 0 bridgehead atoms. The van der Waals surface area contributed by atoms with E-state index in [0.717, 1.165) is 0 Å². The average Bonchev–Trinajstić information content (AvgIpc) is 2.91. The van der Waals surface area contributed by atoms with Crippen molar-refractivity contribution in [1.82, 2.24) is 19.3 Å². The van der Waals surface area contributed by atoms with Crippen molar-refractivity contribution in [2.24, 2.45) is 0 Å². The van der Waals surface area contributed by atoms with Crippen LogP contribution in [-0.2, 0) is 6.54 Å². The average molecular weight is 289 g/mol. The molecule has 0 unspecified atom stereocenters. The molecule has 5 nitrogen and oxygen atoms in total. The summed E-state index contributed by atoms with van der Waals surface area (Å²) in [5.41, 5.74) is 0.491. The lowest BCUT2D eigenvalue weighted by molar-refractivity contribution is 0.426. The third-order valence-electron chi connectivity index (χ3n) is 3.25. The van der Waals surface area contributed by atoms with Crippen LogP contribution < -0.4 is 5.56 Å². The second-order valence-electron chi connectivity index (χ2n) is 4.67. The minimum absolute atomic E-state index is 0.0597. The molecule has 0 spiro atoms. The molecule has 0 amide bonds. The van der Waals surface area contributed by atoms with Gasteiger partial charge in [-0.15, -0.1) is 0 Å². The summed E-state index contributed by atoms with van der Waals surface area (Å²) in [6, 6.07) is 7.07. The van der Waals surface area contributed by atoms with Crippen LogP contribution in [0.5, 0.6) is 0 Å². The molecule has 0 aliphatic heterocycles. The summed E-state index contributed by atoms with van der Waals surface area (Å²) in [4.78, 5) is 16.8. The number of halogens is 1. The molecule has 0 radical (unpaired) electrons. The van der Waals surface area contributed by atoms with Gasteiger partial charge in [-0.05, 0) is 25.1 Å². The van der Waals surface area contributed by atoms with Gasteiger partial charge in [-0.2, -0.15) is 5.10 Å². The molecule has 1 atom stereocenters. The summed E-state index contributed by atoms with van der Waals surface area (Å²) in [6.07, 6.45) is 5.14. The number of hydrogen-bond donors (Lipinski definition) is 0. The molecule has 0 fully saturated rings. The summed E-state index contributed by atoms with van der Waals surface area (Å²) >= 11 is 6.11. The van der Waals surface area contributed by atoms with Gasteiger partial charge in [0.15, 0.2) is 0 Å².